The van der Waals surface area contributed by atoms with Crippen LogP contribution in [0.3, 0.4) is 0 Å². The molecular weight excluding hydrogens is 542 g/mol. The summed E-state index contributed by atoms with van der Waals surface area (Å²) in [5.41, 5.74) is 11.2. The van der Waals surface area contributed by atoms with Crippen molar-refractivity contribution in [2.24, 2.45) is 0 Å². The van der Waals surface area contributed by atoms with Crippen LogP contribution in [-0.4, -0.2) is 66.1 Å². The van der Waals surface area contributed by atoms with E-state index >= 15 is 0 Å². The molecule has 38 heavy (non-hydrogen) atoms. The van der Waals surface area contributed by atoms with Crippen molar-refractivity contribution in [3.63, 3.8) is 0 Å². The number of rotatable bonds is 8. The molecule has 2 atom stereocenters. The third-order valence-electron chi connectivity index (χ3n) is 7.61. The normalized spacial score (nSPS) is 20.5. The Hall–Kier alpha value is -2.78. The number of amides is 1. The van der Waals surface area contributed by atoms with E-state index in [9.17, 15) is 4.79 Å². The summed E-state index contributed by atoms with van der Waals surface area (Å²) >= 11 is 3.36. The highest BCUT2D eigenvalue weighted by Gasteiger charge is 2.30. The number of nitrogen functional groups attached to an aromatic ring is 1. The summed E-state index contributed by atoms with van der Waals surface area (Å²) in [5, 5.41) is 3.10. The molecule has 0 bridgehead atoms. The van der Waals surface area contributed by atoms with Crippen molar-refractivity contribution in [2.45, 2.75) is 44.6 Å². The highest BCUT2D eigenvalue weighted by molar-refractivity contribution is 9.10. The van der Waals surface area contributed by atoms with Crippen LogP contribution in [0.25, 0.3) is 11.1 Å². The molecule has 3 N–H and O–H groups in total. The first-order valence-electron chi connectivity index (χ1n) is 13.4. The van der Waals surface area contributed by atoms with Gasteiger partial charge in [0.1, 0.15) is 5.82 Å². The summed E-state index contributed by atoms with van der Waals surface area (Å²) in [5.74, 6) is 0.0154. The lowest BCUT2D eigenvalue weighted by Gasteiger charge is -2.32. The molecule has 1 aliphatic heterocycles. The number of carbonyl (C=O) groups is 1. The molecule has 3 aromatic rings. The predicted molar refractivity (Wildman–Crippen MR) is 155 cm³/mol. The van der Waals surface area contributed by atoms with Crippen LogP contribution in [0, 0.1) is 0 Å². The number of nitrogens with zero attached hydrogens (tertiary/aromatic N) is 3. The Labute approximate surface area is 233 Å². The number of anilines is 1. The van der Waals surface area contributed by atoms with Crippen LogP contribution in [-0.2, 0) is 17.9 Å². The molecule has 8 heteroatoms. The summed E-state index contributed by atoms with van der Waals surface area (Å²) in [6.07, 6.45) is 4.40. The van der Waals surface area contributed by atoms with Gasteiger partial charge >= 0.3 is 0 Å². The quantitative estimate of drug-likeness (QED) is 0.403. The first-order chi connectivity index (χ1) is 18.4. The first kappa shape index (κ1) is 26.8. The molecule has 1 saturated heterocycles. The van der Waals surface area contributed by atoms with Crippen LogP contribution >= 0.6 is 15.9 Å². The van der Waals surface area contributed by atoms with E-state index in [4.69, 9.17) is 10.5 Å². The Morgan fingerprint density at radius 2 is 1.68 bits per heavy atom. The van der Waals surface area contributed by atoms with Crippen molar-refractivity contribution < 1.29 is 9.53 Å². The Morgan fingerprint density at radius 3 is 2.37 bits per heavy atom. The van der Waals surface area contributed by atoms with Gasteiger partial charge in [0.05, 0.1) is 24.3 Å². The SMILES string of the molecule is CN1CCN(Cc2ccc(-c3ccc(COC4CCC[C@@H]4NC(=O)c4cc(Br)cnc4N)cc3)cc2)CC1. The molecule has 0 spiro atoms. The van der Waals surface area contributed by atoms with Crippen LogP contribution in [0.5, 0.6) is 0 Å². The van der Waals surface area contributed by atoms with Gasteiger partial charge in [0, 0.05) is 43.4 Å². The monoisotopic (exact) mass is 577 g/mol. The Balaban J connectivity index is 1.13. The molecule has 1 aliphatic carbocycles. The number of ether oxygens (including phenoxy) is 1. The van der Waals surface area contributed by atoms with Crippen molar-refractivity contribution >= 4 is 27.7 Å². The van der Waals surface area contributed by atoms with E-state index in [1.54, 1.807) is 12.3 Å². The topological polar surface area (TPSA) is 83.7 Å². The summed E-state index contributed by atoms with van der Waals surface area (Å²) in [4.78, 5) is 21.8. The molecule has 2 heterocycles. The number of hydrogen-bond acceptors (Lipinski definition) is 6. The zero-order valence-corrected chi connectivity index (χ0v) is 23.5. The minimum Gasteiger partial charge on any atom is -0.383 e. The number of nitrogens with one attached hydrogen (secondary N) is 1. The van der Waals surface area contributed by atoms with E-state index in [0.29, 0.717) is 12.2 Å². The molecule has 5 rings (SSSR count). The Bertz CT molecular complexity index is 1230. The zero-order valence-electron chi connectivity index (χ0n) is 21.9. The highest BCUT2D eigenvalue weighted by Crippen LogP contribution is 2.26. The van der Waals surface area contributed by atoms with E-state index in [0.717, 1.165) is 62.0 Å². The number of likely N-dealkylation sites (N-methyl/N-ethyl adjacent to an activating group) is 1. The Kier molecular flexibility index (Phi) is 8.74. The average Bonchev–Trinajstić information content (AvgIpc) is 3.37. The maximum Gasteiger partial charge on any atom is 0.255 e. The number of piperazine rings is 1. The standard InChI is InChI=1S/C30H36BrN5O2/c1-35-13-15-36(16-14-35)19-21-5-9-23(10-6-21)24-11-7-22(8-12-24)20-38-28-4-2-3-27(28)34-30(37)26-17-25(31)18-33-29(26)32/h5-12,17-18,27-28H,2-4,13-16,19-20H2,1H3,(H2,32,33)(H,34,37)/t27-,28?/m0/s1. The molecular formula is C30H36BrN5O2. The lowest BCUT2D eigenvalue weighted by atomic mass is 10.0. The molecule has 2 fully saturated rings. The van der Waals surface area contributed by atoms with Crippen molar-refractivity contribution in [3.05, 3.63) is 82.0 Å². The van der Waals surface area contributed by atoms with E-state index in [1.807, 2.05) is 0 Å². The second-order valence-electron chi connectivity index (χ2n) is 10.4. The summed E-state index contributed by atoms with van der Waals surface area (Å²) in [6, 6.07) is 19.2. The number of hydrogen-bond donors (Lipinski definition) is 2. The molecule has 200 valence electrons. The third kappa shape index (κ3) is 6.80. The lowest BCUT2D eigenvalue weighted by Crippen LogP contribution is -2.43. The van der Waals surface area contributed by atoms with Crippen molar-refractivity contribution in [1.82, 2.24) is 20.1 Å². The number of carbonyl (C=O) groups excluding carboxylic acids is 1. The molecule has 1 amide bonds. The van der Waals surface area contributed by atoms with Gasteiger partial charge in [-0.3, -0.25) is 9.69 Å². The van der Waals surface area contributed by atoms with Crippen molar-refractivity contribution in [3.8, 4) is 11.1 Å². The largest absolute Gasteiger partial charge is 0.383 e. The van der Waals surface area contributed by atoms with Gasteiger partial charge in [-0.05, 0) is 70.6 Å². The third-order valence-corrected chi connectivity index (χ3v) is 8.04. The van der Waals surface area contributed by atoms with Crippen LogP contribution in [0.1, 0.15) is 40.7 Å². The summed E-state index contributed by atoms with van der Waals surface area (Å²) in [7, 11) is 2.19. The first-order valence-corrected chi connectivity index (χ1v) is 14.2. The minimum absolute atomic E-state index is 0.0205. The summed E-state index contributed by atoms with van der Waals surface area (Å²) < 4.78 is 6.98. The maximum atomic E-state index is 12.8. The fourth-order valence-corrected chi connectivity index (χ4v) is 5.56. The summed E-state index contributed by atoms with van der Waals surface area (Å²) in [6.45, 7) is 6.08. The highest BCUT2D eigenvalue weighted by atomic mass is 79.9. The zero-order chi connectivity index (χ0) is 26.5. The number of pyridine rings is 1. The van der Waals surface area contributed by atoms with Crippen LogP contribution in [0.2, 0.25) is 0 Å². The second kappa shape index (κ2) is 12.4. The van der Waals surface area contributed by atoms with Crippen molar-refractivity contribution in [1.29, 1.82) is 0 Å². The fourth-order valence-electron chi connectivity index (χ4n) is 5.23. The van der Waals surface area contributed by atoms with Gasteiger partial charge in [0.2, 0.25) is 0 Å². The van der Waals surface area contributed by atoms with Gasteiger partial charge in [-0.25, -0.2) is 4.98 Å². The lowest BCUT2D eigenvalue weighted by molar-refractivity contribution is 0.0272. The van der Waals surface area contributed by atoms with Crippen LogP contribution in [0.4, 0.5) is 5.82 Å². The Morgan fingerprint density at radius 1 is 1.03 bits per heavy atom. The molecule has 2 aliphatic rings. The van der Waals surface area contributed by atoms with E-state index in [-0.39, 0.29) is 23.9 Å². The molecule has 1 aromatic heterocycles. The number of aromatic nitrogens is 1. The number of nitrogens with two attached hydrogens (primary N) is 1. The predicted octanol–water partition coefficient (Wildman–Crippen LogP) is 4.71. The van der Waals surface area contributed by atoms with Gasteiger partial charge in [-0.15, -0.1) is 0 Å². The van der Waals surface area contributed by atoms with E-state index in [1.165, 1.54) is 16.7 Å². The second-order valence-corrected chi connectivity index (χ2v) is 11.3. The molecule has 1 unspecified atom stereocenters. The molecule has 1 saturated carbocycles. The van der Waals surface area contributed by atoms with Gasteiger partial charge in [-0.2, -0.15) is 0 Å². The van der Waals surface area contributed by atoms with E-state index < -0.39 is 0 Å². The fraction of sp³-hybridized carbons (Fsp3) is 0.400. The number of benzene rings is 2. The number of halogens is 1. The molecule has 7 nitrogen and oxygen atoms in total. The maximum absolute atomic E-state index is 12.8. The van der Waals surface area contributed by atoms with Gasteiger partial charge in [0.25, 0.3) is 5.91 Å². The van der Waals surface area contributed by atoms with Crippen LogP contribution < -0.4 is 11.1 Å². The van der Waals surface area contributed by atoms with Gasteiger partial charge in [0.15, 0.2) is 0 Å². The van der Waals surface area contributed by atoms with Crippen molar-refractivity contribution in [2.75, 3.05) is 39.0 Å². The molecule has 2 aromatic carbocycles. The molecule has 0 radical (unpaired) electrons. The minimum atomic E-state index is -0.212. The smallest absolute Gasteiger partial charge is 0.255 e. The van der Waals surface area contributed by atoms with E-state index in [2.05, 4.69) is 91.6 Å². The van der Waals surface area contributed by atoms with Crippen LogP contribution in [0.15, 0.2) is 65.3 Å². The average molecular weight is 579 g/mol. The van der Waals surface area contributed by atoms with Gasteiger partial charge in [-0.1, -0.05) is 48.5 Å². The van der Waals surface area contributed by atoms with Gasteiger partial charge < -0.3 is 20.7 Å².